The number of ether oxygens (including phenoxy) is 1. The minimum atomic E-state index is -2.99. The van der Waals surface area contributed by atoms with Crippen molar-refractivity contribution in [3.8, 4) is 0 Å². The van der Waals surface area contributed by atoms with Gasteiger partial charge >= 0.3 is 5.97 Å². The molecule has 0 bridgehead atoms. The number of carbonyl (C=O) groups excluding carboxylic acids is 1. The molecule has 0 spiro atoms. The zero-order valence-corrected chi connectivity index (χ0v) is 12.2. The zero-order chi connectivity index (χ0) is 13.8. The molecular formula is C10H16N2O4S2. The van der Waals surface area contributed by atoms with Crippen LogP contribution in [0.1, 0.15) is 22.3 Å². The van der Waals surface area contributed by atoms with Crippen molar-refractivity contribution in [2.45, 2.75) is 13.8 Å². The van der Waals surface area contributed by atoms with Gasteiger partial charge in [0.2, 0.25) is 0 Å². The van der Waals surface area contributed by atoms with Crippen LogP contribution >= 0.6 is 11.3 Å². The molecule has 0 radical (unpaired) electrons. The van der Waals surface area contributed by atoms with Crippen LogP contribution in [-0.4, -0.2) is 44.5 Å². The number of rotatable bonds is 6. The van der Waals surface area contributed by atoms with Crippen molar-refractivity contribution in [2.24, 2.45) is 0 Å². The summed E-state index contributed by atoms with van der Waals surface area (Å²) in [5.41, 5.74) is 0.577. The van der Waals surface area contributed by atoms with Gasteiger partial charge in [0, 0.05) is 12.3 Å². The second-order valence-electron chi connectivity index (χ2n) is 3.59. The van der Waals surface area contributed by atoms with Crippen LogP contribution in [0.3, 0.4) is 0 Å². The predicted octanol–water partition coefficient (Wildman–Crippen LogP) is 1.08. The van der Waals surface area contributed by atoms with E-state index in [-0.39, 0.29) is 18.1 Å². The summed E-state index contributed by atoms with van der Waals surface area (Å²) in [5, 5.41) is 3.42. The van der Waals surface area contributed by atoms with E-state index in [1.165, 1.54) is 7.11 Å². The van der Waals surface area contributed by atoms with Crippen LogP contribution in [0.25, 0.3) is 0 Å². The molecule has 1 rings (SSSR count). The van der Waals surface area contributed by atoms with Gasteiger partial charge in [-0.05, 0) is 6.92 Å². The fourth-order valence-electron chi connectivity index (χ4n) is 1.21. The summed E-state index contributed by atoms with van der Waals surface area (Å²) in [7, 11) is -1.68. The Labute approximate surface area is 110 Å². The van der Waals surface area contributed by atoms with Gasteiger partial charge < -0.3 is 10.1 Å². The number of esters is 1. The maximum absolute atomic E-state index is 11.4. The molecule has 0 aliphatic heterocycles. The van der Waals surface area contributed by atoms with Crippen LogP contribution in [0.2, 0.25) is 0 Å². The summed E-state index contributed by atoms with van der Waals surface area (Å²) in [6, 6.07) is 0. The summed E-state index contributed by atoms with van der Waals surface area (Å²) in [5.74, 6) is -0.256. The molecule has 1 aromatic heterocycles. The van der Waals surface area contributed by atoms with E-state index in [2.05, 4.69) is 15.0 Å². The average molecular weight is 292 g/mol. The van der Waals surface area contributed by atoms with Gasteiger partial charge in [-0.2, -0.15) is 0 Å². The number of hydrogen-bond donors (Lipinski definition) is 1. The smallest absolute Gasteiger partial charge is 0.350 e. The van der Waals surface area contributed by atoms with E-state index in [1.807, 2.05) is 0 Å². The number of methoxy groups -OCH3 is 1. The molecular weight excluding hydrogens is 276 g/mol. The third kappa shape index (κ3) is 3.95. The SMILES string of the molecule is CCS(=O)(=O)CCNc1nc(C)c(C(=O)OC)s1. The summed E-state index contributed by atoms with van der Waals surface area (Å²) in [6.45, 7) is 3.60. The molecule has 0 saturated heterocycles. The lowest BCUT2D eigenvalue weighted by atomic mass is 10.4. The number of nitrogens with zero attached hydrogens (tertiary/aromatic N) is 1. The van der Waals surface area contributed by atoms with Crippen LogP contribution in [0.15, 0.2) is 0 Å². The number of anilines is 1. The molecule has 102 valence electrons. The van der Waals surface area contributed by atoms with Gasteiger partial charge in [-0.25, -0.2) is 18.2 Å². The first-order valence-corrected chi connectivity index (χ1v) is 8.03. The van der Waals surface area contributed by atoms with E-state index in [0.29, 0.717) is 15.7 Å². The van der Waals surface area contributed by atoms with Gasteiger partial charge in [0.05, 0.1) is 18.6 Å². The first-order chi connectivity index (χ1) is 8.39. The van der Waals surface area contributed by atoms with E-state index in [1.54, 1.807) is 13.8 Å². The van der Waals surface area contributed by atoms with Crippen molar-refractivity contribution in [3.05, 3.63) is 10.6 Å². The standard InChI is InChI=1S/C10H16N2O4S2/c1-4-18(14,15)6-5-11-10-12-7(2)8(17-10)9(13)16-3/h4-6H2,1-3H3,(H,11,12). The van der Waals surface area contributed by atoms with Crippen LogP contribution in [0, 0.1) is 6.92 Å². The maximum atomic E-state index is 11.4. The minimum Gasteiger partial charge on any atom is -0.465 e. The highest BCUT2D eigenvalue weighted by atomic mass is 32.2. The predicted molar refractivity (Wildman–Crippen MR) is 71.0 cm³/mol. The molecule has 0 amide bonds. The number of aromatic nitrogens is 1. The Kier molecular flexibility index (Phi) is 5.09. The molecule has 0 atom stereocenters. The van der Waals surface area contributed by atoms with Gasteiger partial charge in [0.1, 0.15) is 4.88 Å². The number of thiazole rings is 1. The summed E-state index contributed by atoms with van der Waals surface area (Å²) >= 11 is 1.16. The molecule has 0 aliphatic carbocycles. The van der Waals surface area contributed by atoms with Crippen LogP contribution in [0.4, 0.5) is 5.13 Å². The van der Waals surface area contributed by atoms with Crippen LogP contribution in [0.5, 0.6) is 0 Å². The van der Waals surface area contributed by atoms with Crippen molar-refractivity contribution in [1.82, 2.24) is 4.98 Å². The van der Waals surface area contributed by atoms with Crippen molar-refractivity contribution >= 4 is 32.3 Å². The normalized spacial score (nSPS) is 11.3. The molecule has 0 fully saturated rings. The number of aryl methyl sites for hydroxylation is 1. The molecule has 0 unspecified atom stereocenters. The number of hydrogen-bond acceptors (Lipinski definition) is 7. The second kappa shape index (κ2) is 6.14. The molecule has 0 aliphatic rings. The van der Waals surface area contributed by atoms with E-state index < -0.39 is 15.8 Å². The van der Waals surface area contributed by atoms with Crippen molar-refractivity contribution in [1.29, 1.82) is 0 Å². The third-order valence-corrected chi connectivity index (χ3v) is 5.10. The van der Waals surface area contributed by atoms with Crippen molar-refractivity contribution in [3.63, 3.8) is 0 Å². The second-order valence-corrected chi connectivity index (χ2v) is 7.06. The third-order valence-electron chi connectivity index (χ3n) is 2.30. The maximum Gasteiger partial charge on any atom is 0.350 e. The molecule has 0 saturated carbocycles. The van der Waals surface area contributed by atoms with Gasteiger partial charge in [0.25, 0.3) is 0 Å². The summed E-state index contributed by atoms with van der Waals surface area (Å²) < 4.78 is 27.2. The van der Waals surface area contributed by atoms with Crippen LogP contribution in [-0.2, 0) is 14.6 Å². The van der Waals surface area contributed by atoms with Gasteiger partial charge in [0.15, 0.2) is 15.0 Å². The van der Waals surface area contributed by atoms with E-state index >= 15 is 0 Å². The summed E-state index contributed by atoms with van der Waals surface area (Å²) in [6.07, 6.45) is 0. The Balaban J connectivity index is 2.62. The highest BCUT2D eigenvalue weighted by Crippen LogP contribution is 2.22. The Bertz CT molecular complexity index is 522. The van der Waals surface area contributed by atoms with Gasteiger partial charge in [-0.1, -0.05) is 18.3 Å². The van der Waals surface area contributed by atoms with Gasteiger partial charge in [-0.3, -0.25) is 0 Å². The lowest BCUT2D eigenvalue weighted by molar-refractivity contribution is 0.0605. The fraction of sp³-hybridized carbons (Fsp3) is 0.600. The molecule has 1 aromatic rings. The number of carbonyl (C=O) groups is 1. The molecule has 1 N–H and O–H groups in total. The zero-order valence-electron chi connectivity index (χ0n) is 10.5. The number of sulfone groups is 1. The summed E-state index contributed by atoms with van der Waals surface area (Å²) in [4.78, 5) is 15.9. The molecule has 1 heterocycles. The largest absolute Gasteiger partial charge is 0.465 e. The molecule has 8 heteroatoms. The molecule has 0 aromatic carbocycles. The van der Waals surface area contributed by atoms with Crippen molar-refractivity contribution in [2.75, 3.05) is 30.5 Å². The Morgan fingerprint density at radius 1 is 1.50 bits per heavy atom. The quantitative estimate of drug-likeness (QED) is 0.790. The molecule has 18 heavy (non-hydrogen) atoms. The lowest BCUT2D eigenvalue weighted by Crippen LogP contribution is -2.17. The Morgan fingerprint density at radius 2 is 2.17 bits per heavy atom. The Morgan fingerprint density at radius 3 is 2.72 bits per heavy atom. The highest BCUT2D eigenvalue weighted by Gasteiger charge is 2.15. The number of nitrogens with one attached hydrogen (secondary N) is 1. The average Bonchev–Trinajstić information content (AvgIpc) is 2.69. The lowest BCUT2D eigenvalue weighted by Gasteiger charge is -2.02. The van der Waals surface area contributed by atoms with Crippen molar-refractivity contribution < 1.29 is 17.9 Å². The topological polar surface area (TPSA) is 85.4 Å². The van der Waals surface area contributed by atoms with E-state index in [4.69, 9.17) is 0 Å². The first-order valence-electron chi connectivity index (χ1n) is 5.39. The van der Waals surface area contributed by atoms with E-state index in [9.17, 15) is 13.2 Å². The Hall–Kier alpha value is -1.15. The highest BCUT2D eigenvalue weighted by molar-refractivity contribution is 7.91. The molecule has 6 nitrogen and oxygen atoms in total. The minimum absolute atomic E-state index is 0.0513. The first kappa shape index (κ1) is 14.9. The van der Waals surface area contributed by atoms with Gasteiger partial charge in [-0.15, -0.1) is 0 Å². The fourth-order valence-corrected chi connectivity index (χ4v) is 2.82. The van der Waals surface area contributed by atoms with Crippen LogP contribution < -0.4 is 5.32 Å². The monoisotopic (exact) mass is 292 g/mol. The van der Waals surface area contributed by atoms with E-state index in [0.717, 1.165) is 11.3 Å².